The SMILES string of the molecule is S=C(NCCCN1CCOCC1)NCCCN1CCOCC1.[Br-].[Br-]. The van der Waals surface area contributed by atoms with Crippen molar-refractivity contribution in [2.45, 2.75) is 12.8 Å². The van der Waals surface area contributed by atoms with Gasteiger partial charge in [-0.05, 0) is 38.1 Å². The van der Waals surface area contributed by atoms with Crippen molar-refractivity contribution >= 4 is 17.3 Å². The van der Waals surface area contributed by atoms with Crippen LogP contribution in [0, 0.1) is 0 Å². The van der Waals surface area contributed by atoms with Gasteiger partial charge in [0.15, 0.2) is 5.11 Å². The molecular weight excluding hydrogens is 460 g/mol. The molecule has 2 N–H and O–H groups in total. The van der Waals surface area contributed by atoms with Crippen LogP contribution in [0.4, 0.5) is 0 Å². The van der Waals surface area contributed by atoms with Crippen LogP contribution < -0.4 is 44.6 Å². The summed E-state index contributed by atoms with van der Waals surface area (Å²) in [6.45, 7) is 11.8. The Morgan fingerprint density at radius 2 is 1.12 bits per heavy atom. The molecule has 0 bridgehead atoms. The number of hydrogen-bond acceptors (Lipinski definition) is 5. The molecule has 0 aliphatic carbocycles. The molecule has 6 nitrogen and oxygen atoms in total. The summed E-state index contributed by atoms with van der Waals surface area (Å²) in [6.07, 6.45) is 2.24. The predicted molar refractivity (Wildman–Crippen MR) is 92.4 cm³/mol. The first-order valence-electron chi connectivity index (χ1n) is 8.46. The molecule has 0 aromatic carbocycles. The minimum atomic E-state index is 0. The third-order valence-electron chi connectivity index (χ3n) is 4.08. The van der Waals surface area contributed by atoms with E-state index in [1.54, 1.807) is 0 Å². The fourth-order valence-corrected chi connectivity index (χ4v) is 2.93. The Kier molecular flexibility index (Phi) is 16.0. The average molecular weight is 490 g/mol. The highest BCUT2D eigenvalue weighted by Crippen LogP contribution is 1.98. The van der Waals surface area contributed by atoms with Crippen molar-refractivity contribution in [2.24, 2.45) is 0 Å². The van der Waals surface area contributed by atoms with Gasteiger partial charge >= 0.3 is 0 Å². The highest BCUT2D eigenvalue weighted by molar-refractivity contribution is 7.80. The Bertz CT molecular complexity index is 290. The molecule has 2 aliphatic rings. The predicted octanol–water partition coefficient (Wildman–Crippen LogP) is -6.10. The molecule has 144 valence electrons. The lowest BCUT2D eigenvalue weighted by Crippen LogP contribution is -3.00. The standard InChI is InChI=1S/C15H30N4O2S.2BrH/c22-15(16-3-1-5-18-7-11-20-12-8-18)17-4-2-6-19-9-13-21-14-10-19;;/h1-14H2,(H2,16,17,22);2*1H/p-2. The van der Waals surface area contributed by atoms with Gasteiger partial charge in [-0.2, -0.15) is 0 Å². The normalized spacial score (nSPS) is 19.0. The van der Waals surface area contributed by atoms with Crippen molar-refractivity contribution in [2.75, 3.05) is 78.8 Å². The van der Waals surface area contributed by atoms with Crippen molar-refractivity contribution in [1.29, 1.82) is 0 Å². The first-order valence-corrected chi connectivity index (χ1v) is 8.87. The molecule has 9 heteroatoms. The zero-order valence-corrected chi connectivity index (χ0v) is 18.3. The molecule has 0 amide bonds. The van der Waals surface area contributed by atoms with E-state index in [1.165, 1.54) is 0 Å². The Morgan fingerprint density at radius 1 is 0.750 bits per heavy atom. The van der Waals surface area contributed by atoms with E-state index in [2.05, 4.69) is 20.4 Å². The second-order valence-corrected chi connectivity index (χ2v) is 6.21. The molecule has 0 aromatic rings. The average Bonchev–Trinajstić information content (AvgIpc) is 2.57. The summed E-state index contributed by atoms with van der Waals surface area (Å²) in [4.78, 5) is 4.90. The monoisotopic (exact) mass is 488 g/mol. The molecule has 0 atom stereocenters. The summed E-state index contributed by atoms with van der Waals surface area (Å²) in [5, 5.41) is 7.36. The maximum atomic E-state index is 5.34. The molecule has 2 fully saturated rings. The highest BCUT2D eigenvalue weighted by atomic mass is 79.9. The van der Waals surface area contributed by atoms with E-state index in [-0.39, 0.29) is 34.0 Å². The van der Waals surface area contributed by atoms with Gasteiger partial charge in [-0.3, -0.25) is 9.80 Å². The Morgan fingerprint density at radius 3 is 1.50 bits per heavy atom. The van der Waals surface area contributed by atoms with E-state index >= 15 is 0 Å². The first-order chi connectivity index (χ1) is 10.8. The van der Waals surface area contributed by atoms with E-state index in [0.29, 0.717) is 0 Å². The fourth-order valence-electron chi connectivity index (χ4n) is 2.72. The van der Waals surface area contributed by atoms with Gasteiger partial charge in [0.05, 0.1) is 26.4 Å². The topological polar surface area (TPSA) is 49.0 Å². The Labute approximate surface area is 172 Å². The number of halogens is 2. The summed E-state index contributed by atoms with van der Waals surface area (Å²) in [7, 11) is 0. The van der Waals surface area contributed by atoms with Gasteiger partial charge in [-0.25, -0.2) is 0 Å². The smallest absolute Gasteiger partial charge is 0.166 e. The number of hydrogen-bond donors (Lipinski definition) is 2. The van der Waals surface area contributed by atoms with Crippen LogP contribution in [-0.4, -0.2) is 93.7 Å². The van der Waals surface area contributed by atoms with Gasteiger partial charge in [0, 0.05) is 39.3 Å². The highest BCUT2D eigenvalue weighted by Gasteiger charge is 2.10. The maximum absolute atomic E-state index is 5.34. The van der Waals surface area contributed by atoms with E-state index in [0.717, 1.165) is 96.7 Å². The first kappa shape index (κ1) is 24.5. The van der Waals surface area contributed by atoms with Crippen molar-refractivity contribution in [1.82, 2.24) is 20.4 Å². The summed E-state index contributed by atoms with van der Waals surface area (Å²) >= 11 is 5.30. The molecule has 2 heterocycles. The van der Waals surface area contributed by atoms with Crippen LogP contribution in [0.25, 0.3) is 0 Å². The number of nitrogens with one attached hydrogen (secondary N) is 2. The van der Waals surface area contributed by atoms with E-state index in [9.17, 15) is 0 Å². The van der Waals surface area contributed by atoms with E-state index in [1.807, 2.05) is 0 Å². The Hall–Kier alpha value is 0.490. The van der Waals surface area contributed by atoms with Crippen LogP contribution in [-0.2, 0) is 9.47 Å². The van der Waals surface area contributed by atoms with Gasteiger partial charge in [-0.1, -0.05) is 0 Å². The van der Waals surface area contributed by atoms with Crippen molar-refractivity contribution in [3.63, 3.8) is 0 Å². The third-order valence-corrected chi connectivity index (χ3v) is 4.37. The number of rotatable bonds is 8. The van der Waals surface area contributed by atoms with Crippen LogP contribution in [0.2, 0.25) is 0 Å². The summed E-state index contributed by atoms with van der Waals surface area (Å²) in [5.74, 6) is 0. The molecule has 0 spiro atoms. The van der Waals surface area contributed by atoms with Crippen molar-refractivity contribution < 1.29 is 43.4 Å². The molecule has 2 aliphatic heterocycles. The number of morpholine rings is 2. The lowest BCUT2D eigenvalue weighted by molar-refractivity contribution is -0.00100. The maximum Gasteiger partial charge on any atom is 0.166 e. The summed E-state index contributed by atoms with van der Waals surface area (Å²) in [5.41, 5.74) is 0. The van der Waals surface area contributed by atoms with Crippen molar-refractivity contribution in [3.8, 4) is 0 Å². The minimum Gasteiger partial charge on any atom is -1.00 e. The molecule has 2 saturated heterocycles. The fraction of sp³-hybridized carbons (Fsp3) is 0.933. The van der Waals surface area contributed by atoms with Crippen molar-refractivity contribution in [3.05, 3.63) is 0 Å². The second-order valence-electron chi connectivity index (χ2n) is 5.80. The van der Waals surface area contributed by atoms with Gasteiger partial charge < -0.3 is 54.1 Å². The minimum absolute atomic E-state index is 0. The Balaban J connectivity index is 0.00000264. The molecule has 0 radical (unpaired) electrons. The zero-order valence-electron chi connectivity index (χ0n) is 14.3. The van der Waals surface area contributed by atoms with Gasteiger partial charge in [0.1, 0.15) is 0 Å². The van der Waals surface area contributed by atoms with Gasteiger partial charge in [-0.15, -0.1) is 0 Å². The molecular formula is C15H30Br2N4O2S-2. The lowest BCUT2D eigenvalue weighted by atomic mass is 10.3. The van der Waals surface area contributed by atoms with Gasteiger partial charge in [0.2, 0.25) is 0 Å². The van der Waals surface area contributed by atoms with Gasteiger partial charge in [0.25, 0.3) is 0 Å². The molecule has 24 heavy (non-hydrogen) atoms. The van der Waals surface area contributed by atoms with Crippen LogP contribution in [0.15, 0.2) is 0 Å². The molecule has 0 unspecified atom stereocenters. The molecule has 0 saturated carbocycles. The van der Waals surface area contributed by atoms with Crippen LogP contribution in [0.1, 0.15) is 12.8 Å². The second kappa shape index (κ2) is 15.7. The quantitative estimate of drug-likeness (QED) is 0.260. The molecule has 0 aromatic heterocycles. The summed E-state index contributed by atoms with van der Waals surface area (Å²) in [6, 6.07) is 0. The zero-order chi connectivity index (χ0) is 15.5. The number of nitrogens with zero attached hydrogens (tertiary/aromatic N) is 2. The summed E-state index contributed by atoms with van der Waals surface area (Å²) < 4.78 is 10.7. The molecule has 2 rings (SSSR count). The van der Waals surface area contributed by atoms with Crippen LogP contribution in [0.5, 0.6) is 0 Å². The largest absolute Gasteiger partial charge is 1.00 e. The van der Waals surface area contributed by atoms with E-state index in [4.69, 9.17) is 21.7 Å². The number of ether oxygens (including phenoxy) is 2. The van der Waals surface area contributed by atoms with E-state index < -0.39 is 0 Å². The lowest BCUT2D eigenvalue weighted by Gasteiger charge is -2.26. The number of thiocarbonyl (C=S) groups is 1. The van der Waals surface area contributed by atoms with Crippen LogP contribution >= 0.6 is 12.2 Å². The van der Waals surface area contributed by atoms with Crippen LogP contribution in [0.3, 0.4) is 0 Å². The third kappa shape index (κ3) is 11.2.